The van der Waals surface area contributed by atoms with Crippen molar-refractivity contribution in [1.29, 1.82) is 0 Å². The lowest BCUT2D eigenvalue weighted by molar-refractivity contribution is -0.133. The molecule has 1 heterocycles. The summed E-state index contributed by atoms with van der Waals surface area (Å²) in [6, 6.07) is 7.59. The molecule has 0 radical (unpaired) electrons. The van der Waals surface area contributed by atoms with Gasteiger partial charge < -0.3 is 10.2 Å². The van der Waals surface area contributed by atoms with E-state index in [4.69, 9.17) is 0 Å². The second-order valence-electron chi connectivity index (χ2n) is 5.83. The van der Waals surface area contributed by atoms with Gasteiger partial charge in [-0.1, -0.05) is 12.1 Å². The van der Waals surface area contributed by atoms with E-state index in [-0.39, 0.29) is 17.9 Å². The molecule has 2 aliphatic rings. The molecule has 1 aliphatic carbocycles. The predicted molar refractivity (Wildman–Crippen MR) is 83.9 cm³/mol. The van der Waals surface area contributed by atoms with E-state index in [1.807, 2.05) is 29.2 Å². The minimum Gasteiger partial charge on any atom is -0.349 e. The monoisotopic (exact) mass is 350 g/mol. The lowest BCUT2D eigenvalue weighted by Gasteiger charge is -2.32. The van der Waals surface area contributed by atoms with Gasteiger partial charge in [-0.15, -0.1) is 0 Å². The van der Waals surface area contributed by atoms with Crippen molar-refractivity contribution in [1.82, 2.24) is 10.2 Å². The van der Waals surface area contributed by atoms with Gasteiger partial charge in [-0.3, -0.25) is 9.59 Å². The molecule has 0 spiro atoms. The zero-order valence-corrected chi connectivity index (χ0v) is 13.4. The molecule has 2 fully saturated rings. The maximum absolute atomic E-state index is 12.2. The van der Waals surface area contributed by atoms with E-state index in [0.717, 1.165) is 43.2 Å². The maximum Gasteiger partial charge on any atom is 0.252 e. The van der Waals surface area contributed by atoms with E-state index in [1.165, 1.54) is 0 Å². The number of benzene rings is 1. The minimum atomic E-state index is -0.0468. The Morgan fingerprint density at radius 1 is 1.10 bits per heavy atom. The molecule has 21 heavy (non-hydrogen) atoms. The Morgan fingerprint density at radius 2 is 1.76 bits per heavy atom. The van der Waals surface area contributed by atoms with Crippen molar-refractivity contribution < 1.29 is 9.59 Å². The van der Waals surface area contributed by atoms with Crippen molar-refractivity contribution in [2.24, 2.45) is 5.92 Å². The molecule has 1 saturated heterocycles. The first-order valence-electron chi connectivity index (χ1n) is 7.49. The summed E-state index contributed by atoms with van der Waals surface area (Å²) in [5.74, 6) is 0.552. The highest BCUT2D eigenvalue weighted by molar-refractivity contribution is 9.10. The fraction of sp³-hybridized carbons (Fsp3) is 0.500. The lowest BCUT2D eigenvalue weighted by Crippen LogP contribution is -2.47. The summed E-state index contributed by atoms with van der Waals surface area (Å²) < 4.78 is 0.809. The molecule has 4 nitrogen and oxygen atoms in total. The van der Waals surface area contributed by atoms with Gasteiger partial charge >= 0.3 is 0 Å². The summed E-state index contributed by atoms with van der Waals surface area (Å²) in [6.07, 6.45) is 3.79. The number of likely N-dealkylation sites (tertiary alicyclic amines) is 1. The van der Waals surface area contributed by atoms with Crippen LogP contribution in [0.15, 0.2) is 28.7 Å². The number of nitrogens with one attached hydrogen (secondary N) is 1. The molecule has 0 bridgehead atoms. The van der Waals surface area contributed by atoms with Crippen LogP contribution in [0.1, 0.15) is 36.0 Å². The summed E-state index contributed by atoms with van der Waals surface area (Å²) in [4.78, 5) is 26.2. The molecule has 112 valence electrons. The summed E-state index contributed by atoms with van der Waals surface area (Å²) in [7, 11) is 0. The topological polar surface area (TPSA) is 49.4 Å². The molecule has 1 aromatic carbocycles. The van der Waals surface area contributed by atoms with Crippen LogP contribution in [0.5, 0.6) is 0 Å². The lowest BCUT2D eigenvalue weighted by atomic mass is 10.0. The van der Waals surface area contributed by atoms with Gasteiger partial charge in [-0.05, 0) is 53.7 Å². The highest BCUT2D eigenvalue weighted by Crippen LogP contribution is 2.31. The van der Waals surface area contributed by atoms with Crippen LogP contribution in [-0.2, 0) is 4.79 Å². The Bertz CT molecular complexity index is 549. The number of carbonyl (C=O) groups excluding carboxylic acids is 2. The van der Waals surface area contributed by atoms with Gasteiger partial charge in [-0.2, -0.15) is 0 Å². The molecule has 0 aromatic heterocycles. The summed E-state index contributed by atoms with van der Waals surface area (Å²) in [6.45, 7) is 1.52. The van der Waals surface area contributed by atoms with Crippen LogP contribution >= 0.6 is 15.9 Å². The third-order valence-electron chi connectivity index (χ3n) is 4.19. The van der Waals surface area contributed by atoms with Gasteiger partial charge in [-0.25, -0.2) is 0 Å². The van der Waals surface area contributed by atoms with Crippen LogP contribution in [0.3, 0.4) is 0 Å². The van der Waals surface area contributed by atoms with E-state index in [2.05, 4.69) is 21.2 Å². The number of amides is 2. The van der Waals surface area contributed by atoms with Gasteiger partial charge in [0.2, 0.25) is 5.91 Å². The SMILES string of the molecule is O=C(NC1CCN(C(=O)C2CC2)CC1)c1ccccc1Br. The van der Waals surface area contributed by atoms with Gasteiger partial charge in [0, 0.05) is 29.5 Å². The van der Waals surface area contributed by atoms with Crippen LogP contribution in [0.4, 0.5) is 0 Å². The Hall–Kier alpha value is -1.36. The second kappa shape index (κ2) is 6.18. The molecular weight excluding hydrogens is 332 g/mol. The van der Waals surface area contributed by atoms with E-state index >= 15 is 0 Å². The Balaban J connectivity index is 1.52. The number of carbonyl (C=O) groups is 2. The largest absolute Gasteiger partial charge is 0.349 e. The molecule has 1 aromatic rings. The standard InChI is InChI=1S/C16H19BrN2O2/c17-14-4-2-1-3-13(14)15(20)18-12-7-9-19(10-8-12)16(21)11-5-6-11/h1-4,11-12H,5-10H2,(H,18,20). The molecule has 3 rings (SSSR count). The van der Waals surface area contributed by atoms with Gasteiger partial charge in [0.25, 0.3) is 5.91 Å². The van der Waals surface area contributed by atoms with Crippen molar-refractivity contribution in [3.8, 4) is 0 Å². The van der Waals surface area contributed by atoms with E-state index < -0.39 is 0 Å². The Labute approximate surface area is 133 Å². The average Bonchev–Trinajstić information content (AvgIpc) is 3.32. The van der Waals surface area contributed by atoms with Crippen molar-refractivity contribution >= 4 is 27.7 Å². The molecule has 2 amide bonds. The van der Waals surface area contributed by atoms with Gasteiger partial charge in [0.1, 0.15) is 0 Å². The number of hydrogen-bond acceptors (Lipinski definition) is 2. The van der Waals surface area contributed by atoms with Gasteiger partial charge in [0.15, 0.2) is 0 Å². The van der Waals surface area contributed by atoms with Crippen LogP contribution in [0.25, 0.3) is 0 Å². The first-order valence-corrected chi connectivity index (χ1v) is 8.28. The average molecular weight is 351 g/mol. The number of nitrogens with zero attached hydrogens (tertiary/aromatic N) is 1. The number of rotatable bonds is 3. The summed E-state index contributed by atoms with van der Waals surface area (Å²) in [5.41, 5.74) is 0.661. The highest BCUT2D eigenvalue weighted by Gasteiger charge is 2.35. The molecule has 1 aliphatic heterocycles. The molecule has 1 saturated carbocycles. The van der Waals surface area contributed by atoms with Crippen LogP contribution < -0.4 is 5.32 Å². The molecule has 0 atom stereocenters. The van der Waals surface area contributed by atoms with Crippen molar-refractivity contribution in [2.75, 3.05) is 13.1 Å². The van der Waals surface area contributed by atoms with Crippen molar-refractivity contribution in [2.45, 2.75) is 31.7 Å². The molecule has 1 N–H and O–H groups in total. The van der Waals surface area contributed by atoms with Gasteiger partial charge in [0.05, 0.1) is 5.56 Å². The third-order valence-corrected chi connectivity index (χ3v) is 4.88. The van der Waals surface area contributed by atoms with Crippen LogP contribution in [-0.4, -0.2) is 35.8 Å². The third kappa shape index (κ3) is 3.46. The van der Waals surface area contributed by atoms with E-state index in [9.17, 15) is 9.59 Å². The minimum absolute atomic E-state index is 0.0468. The summed E-state index contributed by atoms with van der Waals surface area (Å²) in [5, 5.41) is 3.07. The van der Waals surface area contributed by atoms with E-state index in [0.29, 0.717) is 11.5 Å². The van der Waals surface area contributed by atoms with E-state index in [1.54, 1.807) is 0 Å². The normalized spacial score (nSPS) is 19.4. The maximum atomic E-state index is 12.2. The molecule has 0 unspecified atom stereocenters. The molecule has 5 heteroatoms. The predicted octanol–water partition coefficient (Wildman–Crippen LogP) is 2.58. The number of halogens is 1. The smallest absolute Gasteiger partial charge is 0.252 e. The van der Waals surface area contributed by atoms with Crippen molar-refractivity contribution in [3.63, 3.8) is 0 Å². The van der Waals surface area contributed by atoms with Crippen molar-refractivity contribution in [3.05, 3.63) is 34.3 Å². The first-order chi connectivity index (χ1) is 10.1. The quantitative estimate of drug-likeness (QED) is 0.910. The Morgan fingerprint density at radius 3 is 2.38 bits per heavy atom. The van der Waals surface area contributed by atoms with Crippen LogP contribution in [0, 0.1) is 5.92 Å². The number of hydrogen-bond donors (Lipinski definition) is 1. The number of piperidine rings is 1. The zero-order valence-electron chi connectivity index (χ0n) is 11.8. The Kier molecular flexibility index (Phi) is 4.29. The second-order valence-corrected chi connectivity index (χ2v) is 6.68. The van der Waals surface area contributed by atoms with Crippen LogP contribution in [0.2, 0.25) is 0 Å². The zero-order chi connectivity index (χ0) is 14.8. The summed E-state index contributed by atoms with van der Waals surface area (Å²) >= 11 is 3.40. The molecular formula is C16H19BrN2O2. The first kappa shape index (κ1) is 14.6. The highest BCUT2D eigenvalue weighted by atomic mass is 79.9. The fourth-order valence-electron chi connectivity index (χ4n) is 2.74. The fourth-order valence-corrected chi connectivity index (χ4v) is 3.21.